The molecule has 0 saturated carbocycles. The third kappa shape index (κ3) is 5.08. The molecule has 1 aromatic heterocycles. The molecule has 0 fully saturated rings. The standard InChI is InChI=1S/C23H19NO9S2/c1-30-16-6-10-18(11-7-16)34(26,27)24-20-14-15-4-3-5-21(22(15)32-23(20)25)33-35(28,29)19-12-8-17(31-2)9-13-19/h3-14,24H,1-2H3. The molecule has 0 aliphatic heterocycles. The Bertz CT molecular complexity index is 1640. The molecule has 0 unspecified atom stereocenters. The summed E-state index contributed by atoms with van der Waals surface area (Å²) >= 11 is 0. The molecule has 0 aliphatic rings. The molecule has 0 aliphatic carbocycles. The number of sulfonamides is 1. The second-order valence-electron chi connectivity index (χ2n) is 7.12. The van der Waals surface area contributed by atoms with Crippen molar-refractivity contribution in [3.05, 3.63) is 83.2 Å². The molecule has 0 bridgehead atoms. The molecule has 1 heterocycles. The van der Waals surface area contributed by atoms with Gasteiger partial charge in [0.1, 0.15) is 22.1 Å². The highest BCUT2D eigenvalue weighted by Crippen LogP contribution is 2.29. The lowest BCUT2D eigenvalue weighted by Gasteiger charge is -2.11. The van der Waals surface area contributed by atoms with E-state index in [-0.39, 0.29) is 32.2 Å². The zero-order valence-corrected chi connectivity index (χ0v) is 20.1. The van der Waals surface area contributed by atoms with Crippen molar-refractivity contribution in [3.63, 3.8) is 0 Å². The summed E-state index contributed by atoms with van der Waals surface area (Å²) in [4.78, 5) is 12.3. The molecule has 0 saturated heterocycles. The van der Waals surface area contributed by atoms with E-state index in [9.17, 15) is 21.6 Å². The van der Waals surface area contributed by atoms with Crippen LogP contribution in [-0.4, -0.2) is 31.1 Å². The van der Waals surface area contributed by atoms with Crippen LogP contribution in [0.15, 0.2) is 91.8 Å². The molecule has 10 nitrogen and oxygen atoms in total. The van der Waals surface area contributed by atoms with E-state index in [1.54, 1.807) is 0 Å². The van der Waals surface area contributed by atoms with E-state index in [1.807, 2.05) is 0 Å². The molecule has 4 aromatic rings. The molecular formula is C23H19NO9S2. The number of anilines is 1. The maximum Gasteiger partial charge on any atom is 0.360 e. The first kappa shape index (κ1) is 24.1. The number of rotatable bonds is 8. The average molecular weight is 518 g/mol. The predicted octanol–water partition coefficient (Wildman–Crippen LogP) is 3.38. The Balaban J connectivity index is 1.67. The molecule has 12 heteroatoms. The quantitative estimate of drug-likeness (QED) is 0.275. The van der Waals surface area contributed by atoms with Gasteiger partial charge in [0.05, 0.1) is 19.1 Å². The summed E-state index contributed by atoms with van der Waals surface area (Å²) in [6, 6.07) is 16.6. The smallest absolute Gasteiger partial charge is 0.360 e. The van der Waals surface area contributed by atoms with Crippen molar-refractivity contribution in [2.24, 2.45) is 0 Å². The molecule has 4 rings (SSSR count). The third-order valence-electron chi connectivity index (χ3n) is 4.89. The minimum atomic E-state index is -4.26. The van der Waals surface area contributed by atoms with Gasteiger partial charge in [-0.2, -0.15) is 8.42 Å². The number of methoxy groups -OCH3 is 2. The molecule has 0 amide bonds. The summed E-state index contributed by atoms with van der Waals surface area (Å²) < 4.78 is 73.5. The lowest BCUT2D eigenvalue weighted by Crippen LogP contribution is -2.18. The van der Waals surface area contributed by atoms with Gasteiger partial charge in [-0.05, 0) is 60.7 Å². The SMILES string of the molecule is COc1ccc(S(=O)(=O)Nc2cc3cccc(OS(=O)(=O)c4ccc(OC)cc4)c3oc2=O)cc1. The second-order valence-corrected chi connectivity index (χ2v) is 10.3. The molecule has 1 N–H and O–H groups in total. The summed E-state index contributed by atoms with van der Waals surface area (Å²) in [5, 5.41) is 0.236. The van der Waals surface area contributed by atoms with Gasteiger partial charge in [-0.1, -0.05) is 12.1 Å². The average Bonchev–Trinajstić information content (AvgIpc) is 2.85. The normalized spacial score (nSPS) is 11.7. The van der Waals surface area contributed by atoms with Gasteiger partial charge in [0.2, 0.25) is 0 Å². The van der Waals surface area contributed by atoms with Crippen molar-refractivity contribution < 1.29 is 34.9 Å². The van der Waals surface area contributed by atoms with Gasteiger partial charge >= 0.3 is 15.7 Å². The first-order chi connectivity index (χ1) is 16.6. The number of benzene rings is 3. The zero-order valence-electron chi connectivity index (χ0n) is 18.4. The van der Waals surface area contributed by atoms with E-state index >= 15 is 0 Å². The maximum atomic E-state index is 12.7. The van der Waals surface area contributed by atoms with Crippen molar-refractivity contribution in [3.8, 4) is 17.2 Å². The number of ether oxygens (including phenoxy) is 2. The predicted molar refractivity (Wildman–Crippen MR) is 127 cm³/mol. The van der Waals surface area contributed by atoms with Crippen LogP contribution >= 0.6 is 0 Å². The highest BCUT2D eigenvalue weighted by atomic mass is 32.2. The van der Waals surface area contributed by atoms with E-state index in [0.717, 1.165) is 0 Å². The second kappa shape index (κ2) is 9.31. The molecule has 182 valence electrons. The van der Waals surface area contributed by atoms with Gasteiger partial charge in [0, 0.05) is 5.39 Å². The zero-order chi connectivity index (χ0) is 25.2. The van der Waals surface area contributed by atoms with Crippen LogP contribution in [0.3, 0.4) is 0 Å². The van der Waals surface area contributed by atoms with E-state index in [1.165, 1.54) is 87.0 Å². The third-order valence-corrected chi connectivity index (χ3v) is 7.52. The molecule has 3 aromatic carbocycles. The highest BCUT2D eigenvalue weighted by Gasteiger charge is 2.21. The number of hydrogen-bond donors (Lipinski definition) is 1. The van der Waals surface area contributed by atoms with Crippen LogP contribution in [-0.2, 0) is 20.1 Å². The van der Waals surface area contributed by atoms with Crippen molar-refractivity contribution in [2.75, 3.05) is 18.9 Å². The fourth-order valence-corrected chi connectivity index (χ4v) is 5.10. The maximum absolute atomic E-state index is 12.7. The van der Waals surface area contributed by atoms with Crippen molar-refractivity contribution >= 4 is 36.8 Å². The number of nitrogens with one attached hydrogen (secondary N) is 1. The Morgan fingerprint density at radius 1 is 0.771 bits per heavy atom. The summed E-state index contributed by atoms with van der Waals surface area (Å²) in [6.45, 7) is 0. The summed E-state index contributed by atoms with van der Waals surface area (Å²) in [5.41, 5.74) is -1.56. The first-order valence-electron chi connectivity index (χ1n) is 9.95. The molecule has 35 heavy (non-hydrogen) atoms. The highest BCUT2D eigenvalue weighted by molar-refractivity contribution is 7.92. The summed E-state index contributed by atoms with van der Waals surface area (Å²) in [6.07, 6.45) is 0. The Kier molecular flexibility index (Phi) is 6.41. The van der Waals surface area contributed by atoms with Gasteiger partial charge in [0.25, 0.3) is 10.0 Å². The number of fused-ring (bicyclic) bond motifs is 1. The van der Waals surface area contributed by atoms with Crippen LogP contribution < -0.4 is 24.0 Å². The Hall–Kier alpha value is -4.03. The Morgan fingerprint density at radius 3 is 1.91 bits per heavy atom. The number of hydrogen-bond acceptors (Lipinski definition) is 9. The van der Waals surface area contributed by atoms with Gasteiger partial charge in [0.15, 0.2) is 11.3 Å². The van der Waals surface area contributed by atoms with Crippen LogP contribution in [0.25, 0.3) is 11.0 Å². The molecule has 0 radical (unpaired) electrons. The van der Waals surface area contributed by atoms with E-state index < -0.39 is 25.8 Å². The molecular weight excluding hydrogens is 498 g/mol. The monoisotopic (exact) mass is 517 g/mol. The van der Waals surface area contributed by atoms with Crippen LogP contribution in [0.1, 0.15) is 0 Å². The lowest BCUT2D eigenvalue weighted by atomic mass is 10.2. The molecule has 0 spiro atoms. The van der Waals surface area contributed by atoms with E-state index in [2.05, 4.69) is 4.72 Å². The van der Waals surface area contributed by atoms with Crippen molar-refractivity contribution in [1.82, 2.24) is 0 Å². The van der Waals surface area contributed by atoms with E-state index in [0.29, 0.717) is 11.5 Å². The lowest BCUT2D eigenvalue weighted by molar-refractivity contribution is 0.414. The van der Waals surface area contributed by atoms with Gasteiger partial charge in [-0.3, -0.25) is 4.72 Å². The van der Waals surface area contributed by atoms with Gasteiger partial charge < -0.3 is 18.1 Å². The molecule has 0 atom stereocenters. The summed E-state index contributed by atoms with van der Waals surface area (Å²) in [5.74, 6) is 0.691. The largest absolute Gasteiger partial charge is 0.497 e. The van der Waals surface area contributed by atoms with Crippen LogP contribution in [0.4, 0.5) is 5.69 Å². The minimum Gasteiger partial charge on any atom is -0.497 e. The van der Waals surface area contributed by atoms with Crippen LogP contribution in [0.2, 0.25) is 0 Å². The fraction of sp³-hybridized carbons (Fsp3) is 0.0870. The minimum absolute atomic E-state index is 0.0968. The van der Waals surface area contributed by atoms with Crippen molar-refractivity contribution in [1.29, 1.82) is 0 Å². The van der Waals surface area contributed by atoms with Crippen LogP contribution in [0, 0.1) is 0 Å². The number of para-hydroxylation sites is 1. The fourth-order valence-electron chi connectivity index (χ4n) is 3.12. The Labute approximate surface area is 200 Å². The van der Waals surface area contributed by atoms with Crippen LogP contribution in [0.5, 0.6) is 17.2 Å². The topological polar surface area (TPSA) is 138 Å². The Morgan fingerprint density at radius 2 is 1.34 bits per heavy atom. The summed E-state index contributed by atoms with van der Waals surface area (Å²) in [7, 11) is -5.48. The van der Waals surface area contributed by atoms with Gasteiger partial charge in [-0.15, -0.1) is 0 Å². The van der Waals surface area contributed by atoms with E-state index in [4.69, 9.17) is 18.1 Å². The first-order valence-corrected chi connectivity index (χ1v) is 12.8. The van der Waals surface area contributed by atoms with Gasteiger partial charge in [-0.25, -0.2) is 13.2 Å². The van der Waals surface area contributed by atoms with Crippen molar-refractivity contribution in [2.45, 2.75) is 9.79 Å².